The van der Waals surface area contributed by atoms with E-state index in [4.69, 9.17) is 0 Å². The highest BCUT2D eigenvalue weighted by Gasteiger charge is 1.91. The van der Waals surface area contributed by atoms with Crippen molar-refractivity contribution in [3.8, 4) is 0 Å². The molecule has 0 saturated heterocycles. The second-order valence-electron chi connectivity index (χ2n) is 5.55. The molecule has 0 spiro atoms. The van der Waals surface area contributed by atoms with Crippen molar-refractivity contribution in [2.45, 2.75) is 90.9 Å². The predicted octanol–water partition coefficient (Wildman–Crippen LogP) is 5.87. The molecule has 113 valence electrons. The summed E-state index contributed by atoms with van der Waals surface area (Å²) in [6, 6.07) is 0. The van der Waals surface area contributed by atoms with Gasteiger partial charge in [-0.25, -0.2) is 5.32 Å². The van der Waals surface area contributed by atoms with Crippen molar-refractivity contribution >= 4 is 0 Å². The van der Waals surface area contributed by atoms with E-state index in [2.05, 4.69) is 31.3 Å². The van der Waals surface area contributed by atoms with Crippen molar-refractivity contribution in [3.63, 3.8) is 0 Å². The molecular weight excluding hydrogens is 230 g/mol. The van der Waals surface area contributed by atoms with Crippen LogP contribution in [0.2, 0.25) is 0 Å². The molecule has 1 radical (unpaired) electrons. The lowest BCUT2D eigenvalue weighted by molar-refractivity contribution is 0.569. The minimum absolute atomic E-state index is 1.06. The van der Waals surface area contributed by atoms with Crippen LogP contribution in [0.4, 0.5) is 0 Å². The Labute approximate surface area is 122 Å². The van der Waals surface area contributed by atoms with Crippen LogP contribution < -0.4 is 5.32 Å². The van der Waals surface area contributed by atoms with Gasteiger partial charge in [0.15, 0.2) is 0 Å². The third-order valence-electron chi connectivity index (χ3n) is 3.46. The fraction of sp³-hybridized carbons (Fsp3) is 0.889. The monoisotopic (exact) mass is 266 g/mol. The lowest BCUT2D eigenvalue weighted by Crippen LogP contribution is -2.07. The molecule has 19 heavy (non-hydrogen) atoms. The van der Waals surface area contributed by atoms with E-state index in [-0.39, 0.29) is 0 Å². The van der Waals surface area contributed by atoms with E-state index in [0.29, 0.717) is 0 Å². The predicted molar refractivity (Wildman–Crippen MR) is 87.8 cm³/mol. The van der Waals surface area contributed by atoms with E-state index in [0.717, 1.165) is 13.1 Å². The second kappa shape index (κ2) is 17.7. The van der Waals surface area contributed by atoms with Crippen LogP contribution in [-0.4, -0.2) is 13.1 Å². The largest absolute Gasteiger partial charge is 0.242 e. The van der Waals surface area contributed by atoms with Crippen LogP contribution in [0.15, 0.2) is 12.2 Å². The molecule has 0 aliphatic carbocycles. The molecule has 1 heteroatoms. The number of nitrogens with zero attached hydrogens (tertiary/aromatic N) is 1. The number of hydrogen-bond acceptors (Lipinski definition) is 0. The number of hydrogen-bond donors (Lipinski definition) is 0. The first-order valence-corrected chi connectivity index (χ1v) is 8.70. The summed E-state index contributed by atoms with van der Waals surface area (Å²) in [5.74, 6) is 0. The van der Waals surface area contributed by atoms with Gasteiger partial charge in [-0.2, -0.15) is 0 Å². The van der Waals surface area contributed by atoms with Gasteiger partial charge in [-0.05, 0) is 38.5 Å². The Kier molecular flexibility index (Phi) is 17.4. The summed E-state index contributed by atoms with van der Waals surface area (Å²) in [7, 11) is 0. The molecule has 0 aliphatic rings. The van der Waals surface area contributed by atoms with Gasteiger partial charge in [-0.15, -0.1) is 0 Å². The fourth-order valence-corrected chi connectivity index (χ4v) is 2.21. The highest BCUT2D eigenvalue weighted by atomic mass is 14.8. The molecule has 0 bridgehead atoms. The summed E-state index contributed by atoms with van der Waals surface area (Å²) >= 11 is 0. The molecule has 0 aromatic carbocycles. The van der Waals surface area contributed by atoms with Crippen LogP contribution in [0.1, 0.15) is 90.9 Å². The third kappa shape index (κ3) is 17.7. The normalized spacial score (nSPS) is 11.5. The zero-order valence-corrected chi connectivity index (χ0v) is 13.5. The molecule has 0 heterocycles. The molecule has 0 aliphatic heterocycles. The van der Waals surface area contributed by atoms with Crippen LogP contribution in [-0.2, 0) is 0 Å². The van der Waals surface area contributed by atoms with Crippen molar-refractivity contribution in [1.29, 1.82) is 0 Å². The Hall–Kier alpha value is -0.300. The maximum atomic E-state index is 4.47. The van der Waals surface area contributed by atoms with Gasteiger partial charge in [0.05, 0.1) is 0 Å². The average Bonchev–Trinajstić information content (AvgIpc) is 2.43. The third-order valence-corrected chi connectivity index (χ3v) is 3.46. The average molecular weight is 266 g/mol. The van der Waals surface area contributed by atoms with Gasteiger partial charge in [0.25, 0.3) is 0 Å². The van der Waals surface area contributed by atoms with Crippen LogP contribution in [0.3, 0.4) is 0 Å². The van der Waals surface area contributed by atoms with E-state index >= 15 is 0 Å². The van der Waals surface area contributed by atoms with E-state index < -0.39 is 0 Å². The summed E-state index contributed by atoms with van der Waals surface area (Å²) in [5, 5.41) is 4.47. The van der Waals surface area contributed by atoms with E-state index in [1.165, 1.54) is 77.0 Å². The number of allylic oxidation sites excluding steroid dienone is 2. The van der Waals surface area contributed by atoms with Gasteiger partial charge in [0.2, 0.25) is 0 Å². The van der Waals surface area contributed by atoms with Gasteiger partial charge in [0, 0.05) is 13.1 Å². The molecule has 0 aromatic rings. The van der Waals surface area contributed by atoms with Crippen LogP contribution >= 0.6 is 0 Å². The smallest absolute Gasteiger partial charge is 0.0133 e. The Morgan fingerprint density at radius 2 is 1.16 bits per heavy atom. The molecular formula is C18H36N. The molecule has 0 N–H and O–H groups in total. The van der Waals surface area contributed by atoms with E-state index in [1.807, 2.05) is 0 Å². The highest BCUT2D eigenvalue weighted by Crippen LogP contribution is 2.07. The Morgan fingerprint density at radius 3 is 1.79 bits per heavy atom. The fourth-order valence-electron chi connectivity index (χ4n) is 2.21. The zero-order chi connectivity index (χ0) is 14.0. The van der Waals surface area contributed by atoms with Gasteiger partial charge in [0.1, 0.15) is 0 Å². The Balaban J connectivity index is 2.99. The Morgan fingerprint density at radius 1 is 0.579 bits per heavy atom. The Bertz CT molecular complexity index is 175. The van der Waals surface area contributed by atoms with E-state index in [9.17, 15) is 0 Å². The highest BCUT2D eigenvalue weighted by molar-refractivity contribution is 4.81. The van der Waals surface area contributed by atoms with E-state index in [1.54, 1.807) is 0 Å². The molecule has 0 atom stereocenters. The first kappa shape index (κ1) is 18.7. The van der Waals surface area contributed by atoms with Crippen LogP contribution in [0.25, 0.3) is 0 Å². The summed E-state index contributed by atoms with van der Waals surface area (Å²) in [6.45, 7) is 6.61. The lowest BCUT2D eigenvalue weighted by Gasteiger charge is -2.01. The summed E-state index contributed by atoms with van der Waals surface area (Å²) < 4.78 is 0. The van der Waals surface area contributed by atoms with Crippen molar-refractivity contribution in [1.82, 2.24) is 5.32 Å². The van der Waals surface area contributed by atoms with Crippen molar-refractivity contribution in [2.24, 2.45) is 0 Å². The lowest BCUT2D eigenvalue weighted by atomic mass is 10.1. The molecule has 1 nitrogen and oxygen atoms in total. The summed E-state index contributed by atoms with van der Waals surface area (Å²) in [5.41, 5.74) is 0. The zero-order valence-electron chi connectivity index (χ0n) is 13.5. The maximum Gasteiger partial charge on any atom is 0.0133 e. The van der Waals surface area contributed by atoms with Gasteiger partial charge < -0.3 is 0 Å². The first-order valence-electron chi connectivity index (χ1n) is 8.70. The molecule has 0 unspecified atom stereocenters. The molecule has 0 fully saturated rings. The molecule has 0 amide bonds. The van der Waals surface area contributed by atoms with Crippen molar-refractivity contribution in [2.75, 3.05) is 13.1 Å². The quantitative estimate of drug-likeness (QED) is 0.260. The van der Waals surface area contributed by atoms with Crippen molar-refractivity contribution in [3.05, 3.63) is 12.2 Å². The topological polar surface area (TPSA) is 14.1 Å². The van der Waals surface area contributed by atoms with Gasteiger partial charge in [-0.1, -0.05) is 64.5 Å². The molecule has 0 rings (SSSR count). The summed E-state index contributed by atoms with van der Waals surface area (Å²) in [6.07, 6.45) is 20.9. The summed E-state index contributed by atoms with van der Waals surface area (Å²) in [4.78, 5) is 0. The standard InChI is InChI=1S/C18H36N/c1-3-5-6-7-8-9-10-11-12-13-14-15-16-18-19-17-4-2/h9-10H,3-8,11-18H2,1-2H3/b10-9+. The maximum absolute atomic E-state index is 4.47. The minimum atomic E-state index is 1.06. The molecule has 0 aromatic heterocycles. The molecule has 0 saturated carbocycles. The second-order valence-corrected chi connectivity index (χ2v) is 5.55. The first-order chi connectivity index (χ1) is 9.41. The minimum Gasteiger partial charge on any atom is -0.242 e. The number of rotatable bonds is 15. The number of unbranched alkanes of at least 4 members (excludes halogenated alkanes) is 9. The van der Waals surface area contributed by atoms with Gasteiger partial charge in [-0.3, -0.25) is 0 Å². The SMILES string of the molecule is CCCCCC/C=C/CCCCCCC[N]CCC. The van der Waals surface area contributed by atoms with Crippen molar-refractivity contribution < 1.29 is 0 Å². The van der Waals surface area contributed by atoms with Gasteiger partial charge >= 0.3 is 0 Å². The van der Waals surface area contributed by atoms with Crippen LogP contribution in [0.5, 0.6) is 0 Å². The van der Waals surface area contributed by atoms with Crippen LogP contribution in [0, 0.1) is 0 Å².